The zero-order chi connectivity index (χ0) is 14.1. The van der Waals surface area contributed by atoms with Crippen molar-refractivity contribution in [3.05, 3.63) is 35.4 Å². The van der Waals surface area contributed by atoms with Gasteiger partial charge in [0, 0.05) is 6.54 Å². The summed E-state index contributed by atoms with van der Waals surface area (Å²) in [5.74, 6) is 1.52. The Bertz CT molecular complexity index is 379. The molecule has 0 atom stereocenters. The highest BCUT2D eigenvalue weighted by Gasteiger charge is 2.03. The predicted octanol–water partition coefficient (Wildman–Crippen LogP) is 4.12. The van der Waals surface area contributed by atoms with Gasteiger partial charge in [-0.1, -0.05) is 51.5 Å². The van der Waals surface area contributed by atoms with Crippen molar-refractivity contribution in [2.75, 3.05) is 19.7 Å². The van der Waals surface area contributed by atoms with E-state index in [0.29, 0.717) is 5.92 Å². The van der Waals surface area contributed by atoms with Crippen LogP contribution in [0.2, 0.25) is 0 Å². The number of hydrogen-bond donors (Lipinski definition) is 1. The van der Waals surface area contributed by atoms with Crippen LogP contribution in [0, 0.1) is 5.92 Å². The van der Waals surface area contributed by atoms with E-state index in [1.807, 2.05) is 12.1 Å². The molecule has 0 spiro atoms. The molecule has 2 heteroatoms. The average Bonchev–Trinajstić information content (AvgIpc) is 2.42. The average molecular weight is 261 g/mol. The van der Waals surface area contributed by atoms with Crippen molar-refractivity contribution in [1.29, 1.82) is 0 Å². The predicted molar refractivity (Wildman–Crippen MR) is 83.6 cm³/mol. The molecule has 0 amide bonds. The lowest BCUT2D eigenvalue weighted by Gasteiger charge is -2.12. The smallest absolute Gasteiger partial charge is 0.119 e. The van der Waals surface area contributed by atoms with Crippen LogP contribution >= 0.6 is 0 Å². The van der Waals surface area contributed by atoms with E-state index >= 15 is 0 Å². The molecule has 0 aromatic heterocycles. The molecule has 0 saturated heterocycles. The summed E-state index contributed by atoms with van der Waals surface area (Å²) in [6, 6.07) is 8.35. The van der Waals surface area contributed by atoms with Crippen molar-refractivity contribution < 1.29 is 4.74 Å². The molecule has 0 aliphatic carbocycles. The molecule has 0 aliphatic heterocycles. The summed E-state index contributed by atoms with van der Waals surface area (Å²) in [6.45, 7) is 11.5. The Morgan fingerprint density at radius 3 is 2.42 bits per heavy atom. The molecule has 0 fully saturated rings. The van der Waals surface area contributed by atoms with Gasteiger partial charge in [-0.2, -0.15) is 0 Å². The van der Waals surface area contributed by atoms with Crippen LogP contribution in [-0.2, 0) is 0 Å². The van der Waals surface area contributed by atoms with Crippen molar-refractivity contribution in [3.8, 4) is 5.75 Å². The maximum atomic E-state index is 5.59. The number of rotatable bonds is 8. The Hall–Kier alpha value is -1.28. The topological polar surface area (TPSA) is 21.3 Å². The molecule has 1 aromatic carbocycles. The summed E-state index contributed by atoms with van der Waals surface area (Å²) < 4.78 is 5.59. The molecular weight excluding hydrogens is 234 g/mol. The van der Waals surface area contributed by atoms with Gasteiger partial charge in [0.15, 0.2) is 0 Å². The second-order valence-corrected chi connectivity index (χ2v) is 5.07. The van der Waals surface area contributed by atoms with E-state index in [4.69, 9.17) is 4.74 Å². The molecule has 0 unspecified atom stereocenters. The van der Waals surface area contributed by atoms with Gasteiger partial charge in [0.25, 0.3) is 0 Å². The van der Waals surface area contributed by atoms with Crippen LogP contribution in [0.4, 0.5) is 0 Å². The number of ether oxygens (including phenoxy) is 1. The standard InChI is InChI=1S/C17H27NO/c1-5-11-19-17-9-7-15(8-10-17)12-16(14(3)4)13-18-6-2/h7-10,12,14,18H,5-6,11,13H2,1-4H3. The van der Waals surface area contributed by atoms with Crippen molar-refractivity contribution in [2.24, 2.45) is 5.92 Å². The molecule has 0 aliphatic rings. The Morgan fingerprint density at radius 2 is 1.89 bits per heavy atom. The third kappa shape index (κ3) is 5.93. The number of hydrogen-bond acceptors (Lipinski definition) is 2. The highest BCUT2D eigenvalue weighted by molar-refractivity contribution is 5.54. The summed E-state index contributed by atoms with van der Waals surface area (Å²) in [5.41, 5.74) is 2.68. The highest BCUT2D eigenvalue weighted by atomic mass is 16.5. The van der Waals surface area contributed by atoms with E-state index in [-0.39, 0.29) is 0 Å². The fourth-order valence-corrected chi connectivity index (χ4v) is 1.79. The van der Waals surface area contributed by atoms with E-state index < -0.39 is 0 Å². The maximum absolute atomic E-state index is 5.59. The summed E-state index contributed by atoms with van der Waals surface area (Å²) in [7, 11) is 0. The second kappa shape index (κ2) is 8.76. The van der Waals surface area contributed by atoms with Crippen molar-refractivity contribution in [2.45, 2.75) is 34.1 Å². The third-order valence-electron chi connectivity index (χ3n) is 3.03. The first-order chi connectivity index (χ1) is 9.17. The normalized spacial score (nSPS) is 11.9. The fraction of sp³-hybridized carbons (Fsp3) is 0.529. The fourth-order valence-electron chi connectivity index (χ4n) is 1.79. The van der Waals surface area contributed by atoms with E-state index in [2.05, 4.69) is 51.2 Å². The third-order valence-corrected chi connectivity index (χ3v) is 3.03. The van der Waals surface area contributed by atoms with Crippen molar-refractivity contribution >= 4 is 6.08 Å². The van der Waals surface area contributed by atoms with Gasteiger partial charge in [-0.05, 0) is 36.6 Å². The summed E-state index contributed by atoms with van der Waals surface area (Å²) in [6.07, 6.45) is 3.32. The van der Waals surface area contributed by atoms with Crippen molar-refractivity contribution in [3.63, 3.8) is 0 Å². The summed E-state index contributed by atoms with van der Waals surface area (Å²) in [4.78, 5) is 0. The van der Waals surface area contributed by atoms with Gasteiger partial charge in [-0.15, -0.1) is 0 Å². The number of likely N-dealkylation sites (N-methyl/N-ethyl adjacent to an activating group) is 1. The number of benzene rings is 1. The Kier molecular flexibility index (Phi) is 7.27. The summed E-state index contributed by atoms with van der Waals surface area (Å²) >= 11 is 0. The van der Waals surface area contributed by atoms with Gasteiger partial charge >= 0.3 is 0 Å². The molecule has 106 valence electrons. The lowest BCUT2D eigenvalue weighted by atomic mass is 10.00. The molecule has 1 N–H and O–H groups in total. The molecule has 1 rings (SSSR count). The van der Waals surface area contributed by atoms with E-state index in [9.17, 15) is 0 Å². The largest absolute Gasteiger partial charge is 0.494 e. The first-order valence-corrected chi connectivity index (χ1v) is 7.31. The van der Waals surface area contributed by atoms with Gasteiger partial charge in [0.2, 0.25) is 0 Å². The number of nitrogens with one attached hydrogen (secondary N) is 1. The van der Waals surface area contributed by atoms with Crippen molar-refractivity contribution in [1.82, 2.24) is 5.32 Å². The zero-order valence-electron chi connectivity index (χ0n) is 12.7. The highest BCUT2D eigenvalue weighted by Crippen LogP contribution is 2.17. The van der Waals surface area contributed by atoms with E-state index in [0.717, 1.165) is 31.9 Å². The monoisotopic (exact) mass is 261 g/mol. The van der Waals surface area contributed by atoms with E-state index in [1.54, 1.807) is 0 Å². The van der Waals surface area contributed by atoms with Crippen LogP contribution in [0.5, 0.6) is 5.75 Å². The van der Waals surface area contributed by atoms with Crippen LogP contribution in [0.1, 0.15) is 39.7 Å². The Morgan fingerprint density at radius 1 is 1.21 bits per heavy atom. The zero-order valence-corrected chi connectivity index (χ0v) is 12.7. The van der Waals surface area contributed by atoms with Gasteiger partial charge in [-0.25, -0.2) is 0 Å². The molecule has 0 saturated carbocycles. The van der Waals surface area contributed by atoms with Gasteiger partial charge in [-0.3, -0.25) is 0 Å². The lowest BCUT2D eigenvalue weighted by Crippen LogP contribution is -2.18. The molecule has 0 radical (unpaired) electrons. The molecule has 1 aromatic rings. The van der Waals surface area contributed by atoms with Crippen LogP contribution < -0.4 is 10.1 Å². The van der Waals surface area contributed by atoms with Crippen LogP contribution in [0.15, 0.2) is 29.8 Å². The quantitative estimate of drug-likeness (QED) is 0.760. The first-order valence-electron chi connectivity index (χ1n) is 7.31. The second-order valence-electron chi connectivity index (χ2n) is 5.07. The van der Waals surface area contributed by atoms with Crippen LogP contribution in [0.3, 0.4) is 0 Å². The first kappa shape index (κ1) is 15.8. The van der Waals surface area contributed by atoms with Crippen LogP contribution in [-0.4, -0.2) is 19.7 Å². The molecule has 2 nitrogen and oxygen atoms in total. The Balaban J connectivity index is 2.71. The minimum Gasteiger partial charge on any atom is -0.494 e. The van der Waals surface area contributed by atoms with Gasteiger partial charge in [0.05, 0.1) is 6.61 Å². The van der Waals surface area contributed by atoms with Gasteiger partial charge in [0.1, 0.15) is 5.75 Å². The SMILES string of the molecule is CCCOc1ccc(C=C(CNCC)C(C)C)cc1. The molecule has 0 heterocycles. The minimum absolute atomic E-state index is 0.565. The maximum Gasteiger partial charge on any atom is 0.119 e. The van der Waals surface area contributed by atoms with Gasteiger partial charge < -0.3 is 10.1 Å². The molecular formula is C17H27NO. The van der Waals surface area contributed by atoms with Crippen LogP contribution in [0.25, 0.3) is 6.08 Å². The minimum atomic E-state index is 0.565. The summed E-state index contributed by atoms with van der Waals surface area (Å²) in [5, 5.41) is 3.40. The molecule has 19 heavy (non-hydrogen) atoms. The molecule has 0 bridgehead atoms. The van der Waals surface area contributed by atoms with E-state index in [1.165, 1.54) is 11.1 Å². The lowest BCUT2D eigenvalue weighted by molar-refractivity contribution is 0.317. The Labute approximate surface area is 117 Å².